The van der Waals surface area contributed by atoms with Gasteiger partial charge in [0.15, 0.2) is 5.16 Å². The summed E-state index contributed by atoms with van der Waals surface area (Å²) in [6.07, 6.45) is 2.94. The highest BCUT2D eigenvalue weighted by Gasteiger charge is 2.31. The number of thioether (sulfide) groups is 1. The number of halogens is 1. The number of fused-ring (bicyclic) bond motifs is 2. The molecule has 3 aromatic rings. The Hall–Kier alpha value is -2.16. The summed E-state index contributed by atoms with van der Waals surface area (Å²) in [5.74, 6) is 0.632. The van der Waals surface area contributed by atoms with E-state index in [-0.39, 0.29) is 23.9 Å². The molecule has 1 aliphatic carbocycles. The number of nitrogens with one attached hydrogen (secondary N) is 1. The minimum atomic E-state index is -0.146. The topological polar surface area (TPSA) is 76.9 Å². The first-order valence-electron chi connectivity index (χ1n) is 10.3. The van der Waals surface area contributed by atoms with Crippen molar-refractivity contribution < 1.29 is 4.79 Å². The molecule has 2 aromatic heterocycles. The second-order valence-corrected chi connectivity index (χ2v) is 10.3. The summed E-state index contributed by atoms with van der Waals surface area (Å²) >= 11 is 9.40. The maximum absolute atomic E-state index is 12.9. The summed E-state index contributed by atoms with van der Waals surface area (Å²) < 4.78 is 1.74. The lowest BCUT2D eigenvalue weighted by atomic mass is 10.2. The average molecular weight is 473 g/mol. The molecular weight excluding hydrogens is 452 g/mol. The number of carbonyl (C=O) groups excluding carboxylic acids is 1. The van der Waals surface area contributed by atoms with Gasteiger partial charge in [-0.3, -0.25) is 14.2 Å². The molecule has 1 atom stereocenters. The van der Waals surface area contributed by atoms with Crippen LogP contribution in [0.2, 0.25) is 5.02 Å². The maximum Gasteiger partial charge on any atom is 0.257 e. The number of benzene rings is 1. The smallest absolute Gasteiger partial charge is 0.257 e. The summed E-state index contributed by atoms with van der Waals surface area (Å²) in [5, 5.41) is 5.27. The van der Waals surface area contributed by atoms with Crippen molar-refractivity contribution in [2.24, 2.45) is 0 Å². The third-order valence-corrected chi connectivity index (χ3v) is 8.35. The van der Waals surface area contributed by atoms with E-state index in [0.29, 0.717) is 17.3 Å². The molecule has 1 aliphatic heterocycles. The standard InChI is InChI=1S/C22H21ClN4O2S2/c1-12-18(31-20(25-12)14-5-2-3-7-16(14)23)10-24-19(28)9-13-11-30-22-26-17-8-4-6-15(17)21(29)27(13)22/h2-3,5,7,13H,4,6,8-11H2,1H3,(H,24,28). The SMILES string of the molecule is Cc1nc(-c2ccccc2Cl)sc1CNC(=O)CC1CSc2nc3c(c(=O)n21)CCC3. The van der Waals surface area contributed by atoms with Crippen molar-refractivity contribution >= 4 is 40.6 Å². The zero-order valence-corrected chi connectivity index (χ0v) is 19.4. The summed E-state index contributed by atoms with van der Waals surface area (Å²) in [4.78, 5) is 35.9. The number of carbonyl (C=O) groups is 1. The Bertz CT molecular complexity index is 1240. The van der Waals surface area contributed by atoms with Crippen LogP contribution in [0.3, 0.4) is 0 Å². The van der Waals surface area contributed by atoms with Crippen molar-refractivity contribution in [3.8, 4) is 10.6 Å². The number of thiazole rings is 1. The van der Waals surface area contributed by atoms with E-state index in [4.69, 9.17) is 11.6 Å². The van der Waals surface area contributed by atoms with Gasteiger partial charge < -0.3 is 5.32 Å². The number of nitrogens with zero attached hydrogens (tertiary/aromatic N) is 3. The van der Waals surface area contributed by atoms with Crippen molar-refractivity contribution in [2.75, 3.05) is 5.75 Å². The van der Waals surface area contributed by atoms with Gasteiger partial charge in [0, 0.05) is 28.2 Å². The van der Waals surface area contributed by atoms with Crippen LogP contribution in [0.25, 0.3) is 10.6 Å². The quantitative estimate of drug-likeness (QED) is 0.564. The Morgan fingerprint density at radius 3 is 2.97 bits per heavy atom. The predicted octanol–water partition coefficient (Wildman–Crippen LogP) is 4.17. The molecule has 160 valence electrons. The van der Waals surface area contributed by atoms with Crippen LogP contribution in [0.4, 0.5) is 0 Å². The first-order valence-corrected chi connectivity index (χ1v) is 12.4. The van der Waals surface area contributed by atoms with Crippen molar-refractivity contribution in [3.63, 3.8) is 0 Å². The zero-order valence-electron chi connectivity index (χ0n) is 17.0. The van der Waals surface area contributed by atoms with E-state index >= 15 is 0 Å². The zero-order chi connectivity index (χ0) is 21.5. The van der Waals surface area contributed by atoms with Gasteiger partial charge in [-0.15, -0.1) is 11.3 Å². The van der Waals surface area contributed by atoms with Gasteiger partial charge >= 0.3 is 0 Å². The van der Waals surface area contributed by atoms with E-state index < -0.39 is 0 Å². The van der Waals surface area contributed by atoms with Crippen LogP contribution >= 0.6 is 34.7 Å². The molecule has 3 heterocycles. The minimum absolute atomic E-state index is 0.0444. The minimum Gasteiger partial charge on any atom is -0.351 e. The first-order chi connectivity index (χ1) is 15.0. The molecule has 0 saturated heterocycles. The van der Waals surface area contributed by atoms with Gasteiger partial charge in [0.1, 0.15) is 5.01 Å². The Morgan fingerprint density at radius 2 is 2.13 bits per heavy atom. The van der Waals surface area contributed by atoms with Crippen molar-refractivity contribution in [3.05, 3.63) is 61.5 Å². The number of hydrogen-bond donors (Lipinski definition) is 1. The lowest BCUT2D eigenvalue weighted by molar-refractivity contribution is -0.121. The van der Waals surface area contributed by atoms with E-state index in [0.717, 1.165) is 56.8 Å². The van der Waals surface area contributed by atoms with Gasteiger partial charge in [-0.25, -0.2) is 9.97 Å². The molecule has 0 fully saturated rings. The van der Waals surface area contributed by atoms with Crippen LogP contribution in [-0.4, -0.2) is 26.2 Å². The largest absolute Gasteiger partial charge is 0.351 e. The Morgan fingerprint density at radius 1 is 1.29 bits per heavy atom. The van der Waals surface area contributed by atoms with Gasteiger partial charge in [0.25, 0.3) is 5.56 Å². The molecule has 2 aliphatic rings. The Balaban J connectivity index is 1.26. The average Bonchev–Trinajstić information content (AvgIpc) is 3.46. The van der Waals surface area contributed by atoms with Crippen LogP contribution in [0.15, 0.2) is 34.2 Å². The van der Waals surface area contributed by atoms with Gasteiger partial charge in [0.2, 0.25) is 5.91 Å². The molecule has 0 bridgehead atoms. The summed E-state index contributed by atoms with van der Waals surface area (Å²) in [5.41, 5.74) is 3.61. The molecule has 31 heavy (non-hydrogen) atoms. The highest BCUT2D eigenvalue weighted by atomic mass is 35.5. The van der Waals surface area contributed by atoms with Crippen LogP contribution < -0.4 is 10.9 Å². The molecule has 1 N–H and O–H groups in total. The van der Waals surface area contributed by atoms with Crippen LogP contribution in [0.1, 0.15) is 40.7 Å². The van der Waals surface area contributed by atoms with E-state index in [2.05, 4.69) is 15.3 Å². The number of aromatic nitrogens is 3. The molecule has 6 nitrogen and oxygen atoms in total. The third-order valence-electron chi connectivity index (χ3n) is 5.74. The summed E-state index contributed by atoms with van der Waals surface area (Å²) in [6, 6.07) is 7.47. The highest BCUT2D eigenvalue weighted by molar-refractivity contribution is 7.99. The Kier molecular flexibility index (Phi) is 5.62. The monoisotopic (exact) mass is 472 g/mol. The molecule has 0 radical (unpaired) electrons. The summed E-state index contributed by atoms with van der Waals surface area (Å²) in [6.45, 7) is 2.35. The molecule has 1 unspecified atom stereocenters. The van der Waals surface area contributed by atoms with E-state index in [1.807, 2.05) is 31.2 Å². The number of hydrogen-bond acceptors (Lipinski definition) is 6. The molecule has 1 amide bonds. The highest BCUT2D eigenvalue weighted by Crippen LogP contribution is 2.35. The van der Waals surface area contributed by atoms with Crippen LogP contribution in [0.5, 0.6) is 0 Å². The van der Waals surface area contributed by atoms with Crippen molar-refractivity contribution in [1.82, 2.24) is 19.9 Å². The van der Waals surface area contributed by atoms with E-state index in [1.165, 1.54) is 11.3 Å². The second-order valence-electron chi connectivity index (χ2n) is 7.80. The predicted molar refractivity (Wildman–Crippen MR) is 124 cm³/mol. The van der Waals surface area contributed by atoms with E-state index in [1.54, 1.807) is 16.3 Å². The number of amides is 1. The summed E-state index contributed by atoms with van der Waals surface area (Å²) in [7, 11) is 0. The lowest BCUT2D eigenvalue weighted by Crippen LogP contribution is -2.32. The van der Waals surface area contributed by atoms with Crippen molar-refractivity contribution in [2.45, 2.75) is 50.4 Å². The van der Waals surface area contributed by atoms with Gasteiger partial charge in [-0.05, 0) is 32.3 Å². The van der Waals surface area contributed by atoms with Gasteiger partial charge in [0.05, 0.1) is 29.0 Å². The lowest BCUT2D eigenvalue weighted by Gasteiger charge is -2.14. The molecule has 0 saturated carbocycles. The molecule has 5 rings (SSSR count). The normalized spacial score (nSPS) is 16.9. The second kappa shape index (κ2) is 8.41. The van der Waals surface area contributed by atoms with Crippen LogP contribution in [-0.2, 0) is 24.2 Å². The molecule has 1 aromatic carbocycles. The molecular formula is C22H21ClN4O2S2. The van der Waals surface area contributed by atoms with Gasteiger partial charge in [-0.1, -0.05) is 41.6 Å². The molecule has 0 spiro atoms. The molecule has 9 heteroatoms. The fourth-order valence-electron chi connectivity index (χ4n) is 4.11. The fourth-order valence-corrected chi connectivity index (χ4v) is 6.59. The maximum atomic E-state index is 12.9. The van der Waals surface area contributed by atoms with Crippen molar-refractivity contribution in [1.29, 1.82) is 0 Å². The van der Waals surface area contributed by atoms with E-state index in [9.17, 15) is 9.59 Å². The van der Waals surface area contributed by atoms with Crippen LogP contribution in [0, 0.1) is 6.92 Å². The number of rotatable bonds is 5. The Labute approximate surface area is 193 Å². The fraction of sp³-hybridized carbons (Fsp3) is 0.364. The third kappa shape index (κ3) is 3.92. The first kappa shape index (κ1) is 20.7. The van der Waals surface area contributed by atoms with Gasteiger partial charge in [-0.2, -0.15) is 0 Å². The number of aryl methyl sites for hydroxylation is 2.